The van der Waals surface area contributed by atoms with E-state index in [2.05, 4.69) is 10.3 Å². The van der Waals surface area contributed by atoms with Gasteiger partial charge in [0.2, 0.25) is 11.8 Å². The van der Waals surface area contributed by atoms with Gasteiger partial charge in [0, 0.05) is 36.9 Å². The van der Waals surface area contributed by atoms with Crippen LogP contribution in [0, 0.1) is 0 Å². The molecule has 0 atom stereocenters. The van der Waals surface area contributed by atoms with Gasteiger partial charge in [0.15, 0.2) is 5.16 Å². The highest BCUT2D eigenvalue weighted by molar-refractivity contribution is 7.99. The normalized spacial score (nSPS) is 10.7. The van der Waals surface area contributed by atoms with Gasteiger partial charge >= 0.3 is 0 Å². The Morgan fingerprint density at radius 2 is 1.61 bits per heavy atom. The van der Waals surface area contributed by atoms with E-state index in [1.54, 1.807) is 33.0 Å². The van der Waals surface area contributed by atoms with Crippen molar-refractivity contribution in [2.75, 3.05) is 53.3 Å². The summed E-state index contributed by atoms with van der Waals surface area (Å²) in [5, 5.41) is 3.57. The molecule has 2 amide bonds. The Hall–Kier alpha value is -3.50. The van der Waals surface area contributed by atoms with Gasteiger partial charge < -0.3 is 29.4 Å². The van der Waals surface area contributed by atoms with E-state index >= 15 is 0 Å². The summed E-state index contributed by atoms with van der Waals surface area (Å²) in [5.41, 5.74) is 3.76. The highest BCUT2D eigenvalue weighted by atomic mass is 32.2. The summed E-state index contributed by atoms with van der Waals surface area (Å²) in [6, 6.07) is 15.7. The van der Waals surface area contributed by atoms with Crippen molar-refractivity contribution in [3.8, 4) is 34.0 Å². The summed E-state index contributed by atoms with van der Waals surface area (Å²) in [4.78, 5) is 33.5. The van der Waals surface area contributed by atoms with Crippen LogP contribution in [-0.4, -0.2) is 80.0 Å². The average molecular weight is 541 g/mol. The molecule has 0 aliphatic rings. The van der Waals surface area contributed by atoms with Crippen LogP contribution in [0.1, 0.15) is 19.8 Å². The van der Waals surface area contributed by atoms with Crippen molar-refractivity contribution in [3.63, 3.8) is 0 Å². The molecule has 0 aliphatic carbocycles. The third-order valence-corrected chi connectivity index (χ3v) is 6.57. The minimum Gasteiger partial charge on any atom is -0.497 e. The number of hydrogen-bond donors (Lipinski definition) is 2. The molecule has 0 saturated carbocycles. The number of amides is 2. The van der Waals surface area contributed by atoms with Crippen molar-refractivity contribution < 1.29 is 23.8 Å². The molecule has 0 bridgehead atoms. The molecule has 1 heterocycles. The van der Waals surface area contributed by atoms with Gasteiger partial charge in [-0.2, -0.15) is 0 Å². The molecule has 38 heavy (non-hydrogen) atoms. The van der Waals surface area contributed by atoms with Gasteiger partial charge in [-0.3, -0.25) is 9.59 Å². The molecule has 204 valence electrons. The molecular weight excluding hydrogens is 504 g/mol. The van der Waals surface area contributed by atoms with Gasteiger partial charge in [-0.05, 0) is 55.0 Å². The molecule has 3 aromatic rings. The van der Waals surface area contributed by atoms with E-state index in [-0.39, 0.29) is 18.4 Å². The zero-order valence-corrected chi connectivity index (χ0v) is 23.2. The summed E-state index contributed by atoms with van der Waals surface area (Å²) in [5.74, 6) is 2.05. The van der Waals surface area contributed by atoms with Gasteiger partial charge in [0.25, 0.3) is 0 Å². The fraction of sp³-hybridized carbons (Fsp3) is 0.393. The van der Waals surface area contributed by atoms with Gasteiger partial charge in [-0.1, -0.05) is 18.7 Å². The number of H-pyrrole nitrogens is 1. The average Bonchev–Trinajstić information content (AvgIpc) is 3.36. The van der Waals surface area contributed by atoms with Crippen molar-refractivity contribution in [2.45, 2.75) is 24.9 Å². The molecule has 1 aromatic heterocycles. The van der Waals surface area contributed by atoms with Crippen LogP contribution in [0.3, 0.4) is 0 Å². The van der Waals surface area contributed by atoms with Crippen LogP contribution in [0.15, 0.2) is 53.7 Å². The van der Waals surface area contributed by atoms with E-state index in [0.29, 0.717) is 31.9 Å². The summed E-state index contributed by atoms with van der Waals surface area (Å²) in [7, 11) is 4.93. The second-order valence-electron chi connectivity index (χ2n) is 8.53. The number of carbonyl (C=O) groups excluding carboxylic acids is 2. The summed E-state index contributed by atoms with van der Waals surface area (Å²) in [6.45, 7) is 3.29. The molecule has 0 radical (unpaired) electrons. The van der Waals surface area contributed by atoms with Crippen molar-refractivity contribution in [2.24, 2.45) is 0 Å². The molecule has 0 aliphatic heterocycles. The fourth-order valence-electron chi connectivity index (χ4n) is 3.67. The quantitative estimate of drug-likeness (QED) is 0.219. The SMILES string of the molecule is CCCC(=O)N(C)CC(=O)NCCOCCSc1nc(-c2ccc(OC)cc2)c(-c2ccc(OC)cc2)[nH]1. The second-order valence-corrected chi connectivity index (χ2v) is 9.62. The predicted molar refractivity (Wildman–Crippen MR) is 150 cm³/mol. The molecule has 9 nitrogen and oxygen atoms in total. The van der Waals surface area contributed by atoms with Crippen molar-refractivity contribution in [1.29, 1.82) is 0 Å². The number of nitrogens with zero attached hydrogens (tertiary/aromatic N) is 2. The number of methoxy groups -OCH3 is 2. The van der Waals surface area contributed by atoms with Gasteiger partial charge in [-0.15, -0.1) is 0 Å². The largest absolute Gasteiger partial charge is 0.497 e. The van der Waals surface area contributed by atoms with E-state index in [1.165, 1.54) is 4.90 Å². The predicted octanol–water partition coefficient (Wildman–Crippen LogP) is 4.24. The topological polar surface area (TPSA) is 106 Å². The number of likely N-dealkylation sites (N-methyl/N-ethyl adjacent to an activating group) is 1. The van der Waals surface area contributed by atoms with Gasteiger partial charge in [0.05, 0.1) is 45.4 Å². The lowest BCUT2D eigenvalue weighted by molar-refractivity contribution is -0.134. The van der Waals surface area contributed by atoms with Crippen LogP contribution < -0.4 is 14.8 Å². The Kier molecular flexibility index (Phi) is 11.5. The smallest absolute Gasteiger partial charge is 0.239 e. The third-order valence-electron chi connectivity index (χ3n) is 5.73. The number of imidazole rings is 1. The first-order chi connectivity index (χ1) is 18.4. The fourth-order valence-corrected chi connectivity index (χ4v) is 4.40. The van der Waals surface area contributed by atoms with Crippen LogP contribution in [0.25, 0.3) is 22.5 Å². The standard InChI is InChI=1S/C28H36N4O5S/c1-5-6-25(34)32(2)19-24(33)29-15-16-37-17-18-38-28-30-26(20-7-11-22(35-3)12-8-20)27(31-28)21-9-13-23(36-4)14-10-21/h7-14H,5-6,15-19H2,1-4H3,(H,29,33)(H,30,31). The van der Waals surface area contributed by atoms with Gasteiger partial charge in [-0.25, -0.2) is 4.98 Å². The highest BCUT2D eigenvalue weighted by Crippen LogP contribution is 2.34. The Labute approximate surface area is 228 Å². The first-order valence-corrected chi connectivity index (χ1v) is 13.5. The van der Waals surface area contributed by atoms with Gasteiger partial charge in [0.1, 0.15) is 11.5 Å². The molecule has 0 fully saturated rings. The number of ether oxygens (including phenoxy) is 3. The van der Waals surface area contributed by atoms with E-state index < -0.39 is 0 Å². The molecule has 10 heteroatoms. The van der Waals surface area contributed by atoms with E-state index in [9.17, 15) is 9.59 Å². The summed E-state index contributed by atoms with van der Waals surface area (Å²) < 4.78 is 16.3. The third kappa shape index (κ3) is 8.53. The Morgan fingerprint density at radius 1 is 0.974 bits per heavy atom. The van der Waals surface area contributed by atoms with Crippen LogP contribution in [0.4, 0.5) is 0 Å². The molecule has 3 rings (SSSR count). The van der Waals surface area contributed by atoms with E-state index in [4.69, 9.17) is 19.2 Å². The molecular formula is C28H36N4O5S. The first kappa shape index (κ1) is 29.1. The zero-order chi connectivity index (χ0) is 27.3. The summed E-state index contributed by atoms with van der Waals surface area (Å²) >= 11 is 1.57. The Balaban J connectivity index is 1.51. The molecule has 0 unspecified atom stereocenters. The lowest BCUT2D eigenvalue weighted by atomic mass is 10.0. The van der Waals surface area contributed by atoms with E-state index in [0.717, 1.165) is 45.6 Å². The minimum absolute atomic E-state index is 0.0286. The Morgan fingerprint density at radius 3 is 2.21 bits per heavy atom. The molecule has 2 N–H and O–H groups in total. The summed E-state index contributed by atoms with van der Waals surface area (Å²) in [6.07, 6.45) is 1.21. The lowest BCUT2D eigenvalue weighted by Gasteiger charge is -2.16. The van der Waals surface area contributed by atoms with Crippen LogP contribution in [0.2, 0.25) is 0 Å². The molecule has 0 saturated heterocycles. The maximum Gasteiger partial charge on any atom is 0.239 e. The van der Waals surface area contributed by atoms with Crippen LogP contribution >= 0.6 is 11.8 Å². The second kappa shape index (κ2) is 15.0. The van der Waals surface area contributed by atoms with E-state index in [1.807, 2.05) is 55.5 Å². The maximum absolute atomic E-state index is 12.0. The zero-order valence-electron chi connectivity index (χ0n) is 22.4. The lowest BCUT2D eigenvalue weighted by Crippen LogP contribution is -2.39. The number of rotatable bonds is 15. The minimum atomic E-state index is -0.192. The molecule has 2 aromatic carbocycles. The molecule has 0 spiro atoms. The van der Waals surface area contributed by atoms with Crippen molar-refractivity contribution in [3.05, 3.63) is 48.5 Å². The first-order valence-electron chi connectivity index (χ1n) is 12.5. The number of thioether (sulfide) groups is 1. The number of carbonyl (C=O) groups is 2. The van der Waals surface area contributed by atoms with Crippen molar-refractivity contribution >= 4 is 23.6 Å². The maximum atomic E-state index is 12.0. The van der Waals surface area contributed by atoms with Crippen molar-refractivity contribution in [1.82, 2.24) is 20.2 Å². The number of aromatic amines is 1. The highest BCUT2D eigenvalue weighted by Gasteiger charge is 2.15. The monoisotopic (exact) mass is 540 g/mol. The van der Waals surface area contributed by atoms with Crippen LogP contribution in [-0.2, 0) is 14.3 Å². The number of nitrogens with one attached hydrogen (secondary N) is 2. The number of hydrogen-bond acceptors (Lipinski definition) is 7. The van der Waals surface area contributed by atoms with Crippen LogP contribution in [0.5, 0.6) is 11.5 Å². The Bertz CT molecular complexity index is 1100. The number of aromatic nitrogens is 2. The number of benzene rings is 2.